The first kappa shape index (κ1) is 21.2. The van der Waals surface area contributed by atoms with Crippen LogP contribution >= 0.6 is 11.8 Å². The first-order valence-corrected chi connectivity index (χ1v) is 11.6. The summed E-state index contributed by atoms with van der Waals surface area (Å²) in [6.07, 6.45) is 2.40. The Morgan fingerprint density at radius 1 is 1.23 bits per heavy atom. The molecule has 0 saturated carbocycles. The molecule has 1 spiro atoms. The van der Waals surface area contributed by atoms with Gasteiger partial charge < -0.3 is 20.6 Å². The fourth-order valence-electron chi connectivity index (χ4n) is 5.35. The molecule has 7 nitrogen and oxygen atoms in total. The fourth-order valence-corrected chi connectivity index (χ4v) is 7.57. The molecule has 0 aliphatic carbocycles. The molecule has 1 aromatic carbocycles. The minimum atomic E-state index is -0.662. The average Bonchev–Trinajstić information content (AvgIpc) is 3.39. The number of β-amino-alcohol motifs (C(OH)–C–C–N with tert-alkyl or cyclic N) is 1. The van der Waals surface area contributed by atoms with Gasteiger partial charge >= 0.3 is 0 Å². The quantitative estimate of drug-likeness (QED) is 0.568. The maximum absolute atomic E-state index is 13.4. The topological polar surface area (TPSA) is 98.7 Å². The Hall–Kier alpha value is -2.06. The summed E-state index contributed by atoms with van der Waals surface area (Å²) in [5, 5.41) is 15.6. The Kier molecular flexibility index (Phi) is 6.06. The fraction of sp³-hybridized carbons (Fsp3) is 0.591. The van der Waals surface area contributed by atoms with Gasteiger partial charge in [0.2, 0.25) is 17.7 Å². The monoisotopic (exact) mass is 431 g/mol. The van der Waals surface area contributed by atoms with Gasteiger partial charge in [-0.25, -0.2) is 0 Å². The van der Waals surface area contributed by atoms with Gasteiger partial charge in [0.1, 0.15) is 6.04 Å². The van der Waals surface area contributed by atoms with Gasteiger partial charge in [0.05, 0.1) is 23.2 Å². The van der Waals surface area contributed by atoms with Crippen molar-refractivity contribution >= 4 is 29.5 Å². The van der Waals surface area contributed by atoms with Gasteiger partial charge in [-0.3, -0.25) is 14.4 Å². The molecule has 3 aliphatic rings. The molecule has 30 heavy (non-hydrogen) atoms. The molecular formula is C22H29N3O4S. The number of likely N-dealkylation sites (tertiary alicyclic amines) is 1. The second kappa shape index (κ2) is 8.59. The number of benzene rings is 1. The van der Waals surface area contributed by atoms with E-state index < -0.39 is 22.6 Å². The van der Waals surface area contributed by atoms with Crippen LogP contribution in [0.5, 0.6) is 0 Å². The number of hydrogen-bond donors (Lipinski definition) is 3. The van der Waals surface area contributed by atoms with Crippen molar-refractivity contribution in [2.45, 2.75) is 48.8 Å². The lowest BCUT2D eigenvalue weighted by Gasteiger charge is -2.34. The standard InChI is InChI=1S/C22H29N3O4S/c1-2-10-23-19(27)16-15-8-9-22(30-15)17(16)21(29)25(11-12-26)18(22)20(28)24-13-14-6-4-3-5-7-14/h3-7,15-18,26H,2,8-13H2,1H3,(H,23,27)(H,24,28)/t15-,16+,17+,18?,22?/m1/s1. The zero-order valence-electron chi connectivity index (χ0n) is 17.2. The van der Waals surface area contributed by atoms with E-state index in [1.165, 1.54) is 4.90 Å². The van der Waals surface area contributed by atoms with E-state index in [0.717, 1.165) is 24.8 Å². The van der Waals surface area contributed by atoms with E-state index in [0.29, 0.717) is 13.1 Å². The minimum Gasteiger partial charge on any atom is -0.395 e. The number of carbonyl (C=O) groups is 3. The van der Waals surface area contributed by atoms with Crippen LogP contribution in [0.25, 0.3) is 0 Å². The summed E-state index contributed by atoms with van der Waals surface area (Å²) in [5.74, 6) is -1.36. The Balaban J connectivity index is 1.59. The predicted octanol–water partition coefficient (Wildman–Crippen LogP) is 0.913. The van der Waals surface area contributed by atoms with Crippen LogP contribution in [-0.4, -0.2) is 63.5 Å². The number of nitrogens with zero attached hydrogens (tertiary/aromatic N) is 1. The summed E-state index contributed by atoms with van der Waals surface area (Å²) in [6.45, 7) is 2.86. The van der Waals surface area contributed by atoms with Crippen LogP contribution in [0.1, 0.15) is 31.7 Å². The molecule has 0 radical (unpaired) electrons. The maximum atomic E-state index is 13.4. The summed E-state index contributed by atoms with van der Waals surface area (Å²) < 4.78 is -0.591. The second-order valence-corrected chi connectivity index (χ2v) is 9.91. The first-order valence-electron chi connectivity index (χ1n) is 10.7. The summed E-state index contributed by atoms with van der Waals surface area (Å²) in [4.78, 5) is 41.1. The van der Waals surface area contributed by atoms with E-state index in [9.17, 15) is 19.5 Å². The van der Waals surface area contributed by atoms with Crippen LogP contribution in [0.2, 0.25) is 0 Å². The van der Waals surface area contributed by atoms with E-state index in [1.807, 2.05) is 37.3 Å². The first-order chi connectivity index (χ1) is 14.5. The van der Waals surface area contributed by atoms with Crippen molar-refractivity contribution in [1.29, 1.82) is 0 Å². The van der Waals surface area contributed by atoms with Crippen LogP contribution in [0.3, 0.4) is 0 Å². The SMILES string of the molecule is CCCNC(=O)[C@@H]1[C@H]2C(=O)N(CCO)C(C(=O)NCc3ccccc3)C23CC[C@H]1S3. The molecule has 2 unspecified atom stereocenters. The van der Waals surface area contributed by atoms with Crippen molar-refractivity contribution in [2.24, 2.45) is 11.8 Å². The van der Waals surface area contributed by atoms with Crippen LogP contribution in [-0.2, 0) is 20.9 Å². The molecule has 0 aromatic heterocycles. The molecule has 2 bridgehead atoms. The van der Waals surface area contributed by atoms with Crippen molar-refractivity contribution in [1.82, 2.24) is 15.5 Å². The number of amides is 3. The molecule has 3 heterocycles. The van der Waals surface area contributed by atoms with E-state index in [2.05, 4.69) is 10.6 Å². The Labute approximate surface area is 181 Å². The highest BCUT2D eigenvalue weighted by atomic mass is 32.2. The van der Waals surface area contributed by atoms with Crippen molar-refractivity contribution in [3.63, 3.8) is 0 Å². The molecule has 1 aromatic rings. The number of aliphatic hydroxyl groups is 1. The van der Waals surface area contributed by atoms with Crippen LogP contribution < -0.4 is 10.6 Å². The highest BCUT2D eigenvalue weighted by Gasteiger charge is 2.73. The number of fused-ring (bicyclic) bond motifs is 1. The maximum Gasteiger partial charge on any atom is 0.244 e. The van der Waals surface area contributed by atoms with E-state index >= 15 is 0 Å². The smallest absolute Gasteiger partial charge is 0.244 e. The zero-order chi connectivity index (χ0) is 21.3. The van der Waals surface area contributed by atoms with Crippen molar-refractivity contribution < 1.29 is 19.5 Å². The molecule has 3 N–H and O–H groups in total. The summed E-state index contributed by atoms with van der Waals surface area (Å²) in [7, 11) is 0. The molecule has 3 saturated heterocycles. The lowest BCUT2D eigenvalue weighted by atomic mass is 9.70. The van der Waals surface area contributed by atoms with Gasteiger partial charge in [-0.2, -0.15) is 0 Å². The molecule has 5 atom stereocenters. The Morgan fingerprint density at radius 3 is 2.70 bits per heavy atom. The van der Waals surface area contributed by atoms with Gasteiger partial charge in [0, 0.05) is 24.9 Å². The molecule has 8 heteroatoms. The van der Waals surface area contributed by atoms with Crippen LogP contribution in [0.15, 0.2) is 30.3 Å². The molecular weight excluding hydrogens is 402 g/mol. The molecule has 3 amide bonds. The third-order valence-corrected chi connectivity index (χ3v) is 8.50. The molecule has 3 fully saturated rings. The van der Waals surface area contributed by atoms with Crippen LogP contribution in [0.4, 0.5) is 0 Å². The largest absolute Gasteiger partial charge is 0.395 e. The number of carbonyl (C=O) groups excluding carboxylic acids is 3. The van der Waals surface area contributed by atoms with Gasteiger partial charge in [0.15, 0.2) is 0 Å². The third-order valence-electron chi connectivity index (χ3n) is 6.55. The number of rotatable bonds is 8. The number of aliphatic hydroxyl groups excluding tert-OH is 1. The van der Waals surface area contributed by atoms with Gasteiger partial charge in [-0.05, 0) is 24.8 Å². The lowest BCUT2D eigenvalue weighted by Crippen LogP contribution is -2.54. The second-order valence-electron chi connectivity index (χ2n) is 8.31. The highest BCUT2D eigenvalue weighted by Crippen LogP contribution is 2.66. The van der Waals surface area contributed by atoms with Crippen LogP contribution in [0, 0.1) is 11.8 Å². The number of hydrogen-bond acceptors (Lipinski definition) is 5. The zero-order valence-corrected chi connectivity index (χ0v) is 18.0. The third kappa shape index (κ3) is 3.39. The van der Waals surface area contributed by atoms with E-state index in [1.54, 1.807) is 11.8 Å². The number of nitrogens with one attached hydrogen (secondary N) is 2. The lowest BCUT2D eigenvalue weighted by molar-refractivity contribution is -0.140. The van der Waals surface area contributed by atoms with Crippen molar-refractivity contribution in [2.75, 3.05) is 19.7 Å². The Bertz CT molecular complexity index is 820. The van der Waals surface area contributed by atoms with Crippen molar-refractivity contribution in [3.8, 4) is 0 Å². The number of thioether (sulfide) groups is 1. The molecule has 4 rings (SSSR count). The summed E-state index contributed by atoms with van der Waals surface area (Å²) in [5.41, 5.74) is 0.984. The van der Waals surface area contributed by atoms with Crippen molar-refractivity contribution in [3.05, 3.63) is 35.9 Å². The summed E-state index contributed by atoms with van der Waals surface area (Å²) in [6, 6.07) is 8.98. The van der Waals surface area contributed by atoms with E-state index in [4.69, 9.17) is 0 Å². The van der Waals surface area contributed by atoms with E-state index in [-0.39, 0.29) is 36.1 Å². The van der Waals surface area contributed by atoms with Gasteiger partial charge in [-0.1, -0.05) is 37.3 Å². The average molecular weight is 432 g/mol. The highest BCUT2D eigenvalue weighted by molar-refractivity contribution is 8.02. The Morgan fingerprint density at radius 2 is 2.00 bits per heavy atom. The normalized spacial score (nSPS) is 31.7. The molecule has 3 aliphatic heterocycles. The summed E-state index contributed by atoms with van der Waals surface area (Å²) >= 11 is 1.65. The predicted molar refractivity (Wildman–Crippen MR) is 115 cm³/mol. The minimum absolute atomic E-state index is 0.0662. The molecule has 162 valence electrons. The van der Waals surface area contributed by atoms with Gasteiger partial charge in [0.25, 0.3) is 0 Å². The van der Waals surface area contributed by atoms with Gasteiger partial charge in [-0.15, -0.1) is 11.8 Å².